The lowest BCUT2D eigenvalue weighted by molar-refractivity contribution is 0.230. The lowest BCUT2D eigenvalue weighted by Crippen LogP contribution is -2.30. The average Bonchev–Trinajstić information content (AvgIpc) is 1.88. The fraction of sp³-hybridized carbons (Fsp3) is 1.00. The summed E-state index contributed by atoms with van der Waals surface area (Å²) in [4.78, 5) is 0. The van der Waals surface area contributed by atoms with Crippen LogP contribution in [0.5, 0.6) is 0 Å². The summed E-state index contributed by atoms with van der Waals surface area (Å²) in [6, 6.07) is 0.518. The van der Waals surface area contributed by atoms with Crippen LogP contribution in [0.3, 0.4) is 0 Å². The van der Waals surface area contributed by atoms with E-state index in [1.807, 2.05) is 0 Å². The van der Waals surface area contributed by atoms with Gasteiger partial charge in [0.2, 0.25) is 7.65 Å². The van der Waals surface area contributed by atoms with E-state index in [1.54, 1.807) is 0 Å². The van der Waals surface area contributed by atoms with Gasteiger partial charge in [-0.25, -0.2) is 4.67 Å². The molecule has 2 nitrogen and oxygen atoms in total. The Kier molecular flexibility index (Phi) is 3.38. The Hall–Kier alpha value is 0.640. The second kappa shape index (κ2) is 3.87. The molecule has 1 saturated heterocycles. The van der Waals surface area contributed by atoms with Crippen LogP contribution < -0.4 is 0 Å². The molecule has 1 rings (SSSR count). The van der Waals surface area contributed by atoms with Gasteiger partial charge in [-0.15, -0.1) is 0 Å². The van der Waals surface area contributed by atoms with Gasteiger partial charge >= 0.3 is 0 Å². The minimum Gasteiger partial charge on any atom is -0.331 e. The van der Waals surface area contributed by atoms with E-state index in [0.29, 0.717) is 6.04 Å². The largest absolute Gasteiger partial charge is 0.331 e. The van der Waals surface area contributed by atoms with Gasteiger partial charge < -0.3 is 4.52 Å². The molecule has 60 valence electrons. The van der Waals surface area contributed by atoms with E-state index in [9.17, 15) is 0 Å². The van der Waals surface area contributed by atoms with E-state index in [-0.39, 0.29) is 0 Å². The first-order valence-corrected chi connectivity index (χ1v) is 5.69. The second-order valence-corrected chi connectivity index (χ2v) is 4.76. The SMILES string of the molecule is CC(C)N1CCCO[P@@]1Cl. The van der Waals surface area contributed by atoms with Crippen LogP contribution in [0.1, 0.15) is 20.3 Å². The molecule has 0 unspecified atom stereocenters. The number of nitrogens with zero attached hydrogens (tertiary/aromatic N) is 1. The lowest BCUT2D eigenvalue weighted by atomic mass is 10.3. The molecule has 1 heterocycles. The molecule has 0 aliphatic carbocycles. The minimum absolute atomic E-state index is 0.518. The Balaban J connectivity index is 2.40. The highest BCUT2D eigenvalue weighted by Gasteiger charge is 2.23. The minimum atomic E-state index is -0.789. The third-order valence-corrected chi connectivity index (χ3v) is 3.86. The molecule has 1 atom stereocenters. The Morgan fingerprint density at radius 2 is 2.30 bits per heavy atom. The molecular weight excluding hydrogens is 168 g/mol. The quantitative estimate of drug-likeness (QED) is 0.577. The van der Waals surface area contributed by atoms with Crippen molar-refractivity contribution in [1.29, 1.82) is 0 Å². The molecule has 1 aliphatic heterocycles. The van der Waals surface area contributed by atoms with Gasteiger partial charge in [-0.2, -0.15) is 0 Å². The van der Waals surface area contributed by atoms with Crippen molar-refractivity contribution >= 4 is 18.9 Å². The third-order valence-electron chi connectivity index (χ3n) is 1.53. The molecule has 0 radical (unpaired) electrons. The van der Waals surface area contributed by atoms with Crippen LogP contribution in [-0.4, -0.2) is 23.9 Å². The van der Waals surface area contributed by atoms with Crippen molar-refractivity contribution in [3.63, 3.8) is 0 Å². The van der Waals surface area contributed by atoms with Gasteiger partial charge in [-0.1, -0.05) is 0 Å². The van der Waals surface area contributed by atoms with Gasteiger partial charge in [0, 0.05) is 12.6 Å². The molecule has 0 saturated carbocycles. The van der Waals surface area contributed by atoms with Gasteiger partial charge in [0.1, 0.15) is 0 Å². The Morgan fingerprint density at radius 3 is 2.70 bits per heavy atom. The Bertz CT molecular complexity index is 112. The molecule has 0 aromatic carbocycles. The van der Waals surface area contributed by atoms with Crippen molar-refractivity contribution in [1.82, 2.24) is 4.67 Å². The maximum Gasteiger partial charge on any atom is 0.207 e. The fourth-order valence-electron chi connectivity index (χ4n) is 0.959. The van der Waals surface area contributed by atoms with Crippen LogP contribution in [0.4, 0.5) is 0 Å². The van der Waals surface area contributed by atoms with Gasteiger partial charge in [0.15, 0.2) is 0 Å². The van der Waals surface area contributed by atoms with Crippen LogP contribution in [0, 0.1) is 0 Å². The summed E-state index contributed by atoms with van der Waals surface area (Å²) in [5, 5.41) is 0. The fourth-order valence-corrected chi connectivity index (χ4v) is 3.01. The zero-order chi connectivity index (χ0) is 7.56. The highest BCUT2D eigenvalue weighted by atomic mass is 35.7. The summed E-state index contributed by atoms with van der Waals surface area (Å²) in [6.07, 6.45) is 1.11. The van der Waals surface area contributed by atoms with Gasteiger partial charge in [-0.05, 0) is 31.5 Å². The lowest BCUT2D eigenvalue weighted by Gasteiger charge is -2.33. The number of halogens is 1. The number of rotatable bonds is 1. The monoisotopic (exact) mass is 181 g/mol. The Labute approximate surface area is 68.2 Å². The van der Waals surface area contributed by atoms with Gasteiger partial charge in [-0.3, -0.25) is 0 Å². The average molecular weight is 182 g/mol. The summed E-state index contributed by atoms with van der Waals surface area (Å²) in [5.74, 6) is 0. The van der Waals surface area contributed by atoms with E-state index in [2.05, 4.69) is 18.5 Å². The van der Waals surface area contributed by atoms with Crippen molar-refractivity contribution in [2.45, 2.75) is 26.3 Å². The number of hydrogen-bond acceptors (Lipinski definition) is 2. The molecule has 0 amide bonds. The standard InChI is InChI=1S/C6H13ClNOP/c1-6(2)8-4-3-5-9-10(8)7/h6H,3-5H2,1-2H3/t10-/m0/s1. The predicted molar refractivity (Wildman–Crippen MR) is 45.2 cm³/mol. The van der Waals surface area contributed by atoms with Crippen molar-refractivity contribution < 1.29 is 4.52 Å². The van der Waals surface area contributed by atoms with Crippen LogP contribution in [0.2, 0.25) is 0 Å². The van der Waals surface area contributed by atoms with Crippen molar-refractivity contribution in [2.75, 3.05) is 13.2 Å². The van der Waals surface area contributed by atoms with Gasteiger partial charge in [0.05, 0.1) is 6.61 Å². The molecule has 1 fully saturated rings. The molecule has 0 aromatic heterocycles. The van der Waals surface area contributed by atoms with E-state index >= 15 is 0 Å². The van der Waals surface area contributed by atoms with Crippen molar-refractivity contribution in [2.24, 2.45) is 0 Å². The topological polar surface area (TPSA) is 12.5 Å². The highest BCUT2D eigenvalue weighted by Crippen LogP contribution is 2.50. The van der Waals surface area contributed by atoms with E-state index in [1.165, 1.54) is 0 Å². The van der Waals surface area contributed by atoms with E-state index < -0.39 is 7.65 Å². The van der Waals surface area contributed by atoms with Crippen LogP contribution in [-0.2, 0) is 4.52 Å². The van der Waals surface area contributed by atoms with Gasteiger partial charge in [0.25, 0.3) is 0 Å². The maximum absolute atomic E-state index is 5.95. The molecule has 0 N–H and O–H groups in total. The summed E-state index contributed by atoms with van der Waals surface area (Å²) in [7, 11) is -0.789. The first-order valence-electron chi connectivity index (χ1n) is 3.57. The molecular formula is C6H13ClNOP. The smallest absolute Gasteiger partial charge is 0.207 e. The molecule has 0 bridgehead atoms. The molecule has 10 heavy (non-hydrogen) atoms. The maximum atomic E-state index is 5.95. The van der Waals surface area contributed by atoms with Crippen LogP contribution >= 0.6 is 18.9 Å². The van der Waals surface area contributed by atoms with E-state index in [4.69, 9.17) is 15.8 Å². The van der Waals surface area contributed by atoms with E-state index in [0.717, 1.165) is 19.6 Å². The van der Waals surface area contributed by atoms with Crippen LogP contribution in [0.15, 0.2) is 0 Å². The molecule has 1 aliphatic rings. The first kappa shape index (κ1) is 8.73. The van der Waals surface area contributed by atoms with Crippen molar-refractivity contribution in [3.8, 4) is 0 Å². The third kappa shape index (κ3) is 2.06. The summed E-state index contributed by atoms with van der Waals surface area (Å²) in [5.41, 5.74) is 0. The summed E-state index contributed by atoms with van der Waals surface area (Å²) >= 11 is 5.95. The predicted octanol–water partition coefficient (Wildman–Crippen LogP) is 2.58. The number of hydrogen-bond donors (Lipinski definition) is 0. The van der Waals surface area contributed by atoms with Crippen molar-refractivity contribution in [3.05, 3.63) is 0 Å². The normalized spacial score (nSPS) is 29.4. The zero-order valence-electron chi connectivity index (χ0n) is 6.38. The zero-order valence-corrected chi connectivity index (χ0v) is 8.03. The molecule has 0 spiro atoms. The second-order valence-electron chi connectivity index (χ2n) is 2.67. The summed E-state index contributed by atoms with van der Waals surface area (Å²) in [6.45, 7) is 6.21. The summed E-state index contributed by atoms with van der Waals surface area (Å²) < 4.78 is 7.52. The highest BCUT2D eigenvalue weighted by molar-refractivity contribution is 7.78. The van der Waals surface area contributed by atoms with Crippen LogP contribution in [0.25, 0.3) is 0 Å². The molecule has 0 aromatic rings. The Morgan fingerprint density at radius 1 is 1.60 bits per heavy atom. The first-order chi connectivity index (χ1) is 4.72. The molecule has 4 heteroatoms.